The van der Waals surface area contributed by atoms with Gasteiger partial charge in [-0.15, -0.1) is 0 Å². The number of likely N-dealkylation sites (tertiary alicyclic amines) is 1. The molecule has 7 nitrogen and oxygen atoms in total. The van der Waals surface area contributed by atoms with Crippen molar-refractivity contribution in [2.45, 2.75) is 62.3 Å². The van der Waals surface area contributed by atoms with E-state index in [2.05, 4.69) is 11.8 Å². The molecule has 3 atom stereocenters. The Morgan fingerprint density at radius 3 is 2.32 bits per heavy atom. The van der Waals surface area contributed by atoms with Crippen LogP contribution in [0.3, 0.4) is 0 Å². The van der Waals surface area contributed by atoms with Crippen LogP contribution in [0, 0.1) is 5.82 Å². The number of quaternary nitrogens is 1. The minimum Gasteiger partial charge on any atom is -0.364 e. The average molecular weight is 592 g/mol. The van der Waals surface area contributed by atoms with Crippen molar-refractivity contribution in [2.24, 2.45) is 5.73 Å². The number of primary amides is 1. The number of pyridine rings is 1. The zero-order valence-electron chi connectivity index (χ0n) is 22.4. The van der Waals surface area contributed by atoms with Crippen molar-refractivity contribution in [3.63, 3.8) is 0 Å². The molecular weight excluding hydrogens is 560 g/mol. The lowest BCUT2D eigenvalue weighted by Crippen LogP contribution is -2.59. The van der Waals surface area contributed by atoms with E-state index in [9.17, 15) is 30.8 Å². The SMILES string of the molecule is CC1CCCN1c1cc(C[N+]2(S(=O)(=O)c3ccc(F)cc3)CCC[C@H]2C(N)=O)cc(-c2ccc(C(F)(F)F)cc2)n1. The molecule has 0 radical (unpaired) electrons. The van der Waals surface area contributed by atoms with E-state index < -0.39 is 43.4 Å². The van der Waals surface area contributed by atoms with Gasteiger partial charge in [0.25, 0.3) is 5.91 Å². The van der Waals surface area contributed by atoms with Crippen LogP contribution < -0.4 is 10.6 Å². The van der Waals surface area contributed by atoms with E-state index in [0.29, 0.717) is 29.1 Å². The summed E-state index contributed by atoms with van der Waals surface area (Å²) < 4.78 is 81.0. The number of anilines is 1. The summed E-state index contributed by atoms with van der Waals surface area (Å²) in [6.07, 6.45) is -1.92. The van der Waals surface area contributed by atoms with E-state index in [1.807, 2.05) is 0 Å². The first-order chi connectivity index (χ1) is 19.3. The molecule has 0 saturated carbocycles. The van der Waals surface area contributed by atoms with Gasteiger partial charge in [0.1, 0.15) is 23.1 Å². The summed E-state index contributed by atoms with van der Waals surface area (Å²) in [5.41, 5.74) is 6.33. The quantitative estimate of drug-likeness (QED) is 0.299. The minimum absolute atomic E-state index is 0.112. The van der Waals surface area contributed by atoms with E-state index in [0.717, 1.165) is 43.7 Å². The summed E-state index contributed by atoms with van der Waals surface area (Å²) in [6, 6.07) is 11.7. The maximum absolute atomic E-state index is 14.2. The molecule has 0 aliphatic carbocycles. The molecule has 2 N–H and O–H groups in total. The molecule has 2 fully saturated rings. The molecule has 218 valence electrons. The molecule has 41 heavy (non-hydrogen) atoms. The summed E-state index contributed by atoms with van der Waals surface area (Å²) >= 11 is 0. The zero-order chi connectivity index (χ0) is 29.6. The number of alkyl halides is 3. The molecule has 2 aliphatic heterocycles. The van der Waals surface area contributed by atoms with Gasteiger partial charge < -0.3 is 10.6 Å². The summed E-state index contributed by atoms with van der Waals surface area (Å²) in [5, 5.41) is 0. The number of hydrogen-bond acceptors (Lipinski definition) is 5. The summed E-state index contributed by atoms with van der Waals surface area (Å²) in [6.45, 7) is 2.76. The lowest BCUT2D eigenvalue weighted by molar-refractivity contribution is -0.823. The largest absolute Gasteiger partial charge is 0.416 e. The van der Waals surface area contributed by atoms with E-state index >= 15 is 0 Å². The Kier molecular flexibility index (Phi) is 7.58. The van der Waals surface area contributed by atoms with Crippen molar-refractivity contribution in [3.05, 3.63) is 77.6 Å². The number of hydrogen-bond donors (Lipinski definition) is 1. The molecule has 2 aromatic carbocycles. The Morgan fingerprint density at radius 1 is 1.05 bits per heavy atom. The number of sulfonamides is 1. The molecule has 3 aromatic rings. The highest BCUT2D eigenvalue weighted by molar-refractivity contribution is 7.86. The maximum Gasteiger partial charge on any atom is 0.416 e. The van der Waals surface area contributed by atoms with Crippen LogP contribution >= 0.6 is 0 Å². The lowest BCUT2D eigenvalue weighted by atomic mass is 10.1. The lowest BCUT2D eigenvalue weighted by Gasteiger charge is -2.37. The van der Waals surface area contributed by atoms with Crippen LogP contribution in [0.1, 0.15) is 43.7 Å². The molecule has 2 saturated heterocycles. The first kappa shape index (κ1) is 29.0. The van der Waals surface area contributed by atoms with Gasteiger partial charge in [0.05, 0.1) is 17.8 Å². The first-order valence-electron chi connectivity index (χ1n) is 13.4. The van der Waals surface area contributed by atoms with Crippen molar-refractivity contribution >= 4 is 21.7 Å². The monoisotopic (exact) mass is 591 g/mol. The molecule has 2 unspecified atom stereocenters. The maximum atomic E-state index is 14.2. The molecule has 12 heteroatoms. The molecule has 2 aliphatic rings. The van der Waals surface area contributed by atoms with Gasteiger partial charge in [-0.1, -0.05) is 12.1 Å². The molecule has 0 bridgehead atoms. The molecule has 0 spiro atoms. The van der Waals surface area contributed by atoms with Crippen molar-refractivity contribution in [2.75, 3.05) is 18.0 Å². The fourth-order valence-electron chi connectivity index (χ4n) is 6.07. The number of nitrogens with two attached hydrogens (primary N) is 1. The Hall–Kier alpha value is -3.51. The molecular formula is C29H31F4N4O3S+. The fraction of sp³-hybridized carbons (Fsp3) is 0.379. The van der Waals surface area contributed by atoms with Crippen molar-refractivity contribution in [1.29, 1.82) is 0 Å². The highest BCUT2D eigenvalue weighted by atomic mass is 32.2. The number of carbonyl (C=O) groups excluding carboxylic acids is 1. The summed E-state index contributed by atoms with van der Waals surface area (Å²) in [7, 11) is -4.24. The molecule has 5 rings (SSSR count). The number of rotatable bonds is 7. The number of amides is 1. The van der Waals surface area contributed by atoms with E-state index in [1.54, 1.807) is 12.1 Å². The van der Waals surface area contributed by atoms with Crippen LogP contribution in [0.2, 0.25) is 0 Å². The first-order valence-corrected chi connectivity index (χ1v) is 14.9. The number of benzene rings is 2. The van der Waals surface area contributed by atoms with Gasteiger partial charge in [-0.2, -0.15) is 21.6 Å². The number of nitrogens with zero attached hydrogens (tertiary/aromatic N) is 3. The number of halogens is 4. The third kappa shape index (κ3) is 5.42. The predicted octanol–water partition coefficient (Wildman–Crippen LogP) is 5.25. The highest BCUT2D eigenvalue weighted by Crippen LogP contribution is 2.39. The van der Waals surface area contributed by atoms with Crippen molar-refractivity contribution < 1.29 is 34.7 Å². The van der Waals surface area contributed by atoms with Crippen LogP contribution in [-0.2, 0) is 27.5 Å². The van der Waals surface area contributed by atoms with Crippen LogP contribution in [0.25, 0.3) is 11.3 Å². The average Bonchev–Trinajstić information content (AvgIpc) is 3.55. The van der Waals surface area contributed by atoms with Crippen LogP contribution in [0.15, 0.2) is 65.6 Å². The second-order valence-electron chi connectivity index (χ2n) is 10.8. The smallest absolute Gasteiger partial charge is 0.364 e. The molecule has 1 amide bonds. The highest BCUT2D eigenvalue weighted by Gasteiger charge is 2.55. The van der Waals surface area contributed by atoms with Gasteiger partial charge in [0.15, 0.2) is 6.04 Å². The summed E-state index contributed by atoms with van der Waals surface area (Å²) in [4.78, 5) is 19.4. The second kappa shape index (κ2) is 10.7. The number of carbonyl (C=O) groups is 1. The Balaban J connectivity index is 1.64. The van der Waals surface area contributed by atoms with Gasteiger partial charge >= 0.3 is 16.2 Å². The van der Waals surface area contributed by atoms with Gasteiger partial charge in [-0.25, -0.2) is 13.3 Å². The van der Waals surface area contributed by atoms with Crippen LogP contribution in [0.5, 0.6) is 0 Å². The number of aromatic nitrogens is 1. The van der Waals surface area contributed by atoms with Gasteiger partial charge in [-0.3, -0.25) is 4.79 Å². The molecule has 1 aromatic heterocycles. The van der Waals surface area contributed by atoms with Crippen LogP contribution in [-0.4, -0.2) is 48.4 Å². The van der Waals surface area contributed by atoms with Crippen LogP contribution in [0.4, 0.5) is 23.4 Å². The van der Waals surface area contributed by atoms with Crippen molar-refractivity contribution in [1.82, 2.24) is 4.98 Å². The third-order valence-electron chi connectivity index (χ3n) is 8.18. The minimum atomic E-state index is -4.49. The zero-order valence-corrected chi connectivity index (χ0v) is 23.3. The van der Waals surface area contributed by atoms with E-state index in [4.69, 9.17) is 10.7 Å². The predicted molar refractivity (Wildman–Crippen MR) is 145 cm³/mol. The Bertz CT molecular complexity index is 1550. The Morgan fingerprint density at radius 2 is 1.73 bits per heavy atom. The van der Waals surface area contributed by atoms with E-state index in [1.165, 1.54) is 24.3 Å². The van der Waals surface area contributed by atoms with Gasteiger partial charge in [-0.05, 0) is 68.3 Å². The normalized spacial score (nSPS) is 23.2. The summed E-state index contributed by atoms with van der Waals surface area (Å²) in [5.74, 6) is -0.767. The fourth-order valence-corrected chi connectivity index (χ4v) is 8.20. The second-order valence-corrected chi connectivity index (χ2v) is 13.0. The van der Waals surface area contributed by atoms with Gasteiger partial charge in [0, 0.05) is 36.6 Å². The van der Waals surface area contributed by atoms with Gasteiger partial charge in [0.2, 0.25) is 0 Å². The van der Waals surface area contributed by atoms with E-state index in [-0.39, 0.29) is 30.4 Å². The Labute approximate surface area is 236 Å². The third-order valence-corrected chi connectivity index (χ3v) is 10.6. The topological polar surface area (TPSA) is 93.4 Å². The molecule has 3 heterocycles. The standard InChI is InChI=1S/C29H30F4N4O3S/c1-19-4-2-14-36(19)27-17-20(16-25(35-27)21-6-8-22(9-7-21)29(31,32)33)18-37(15-3-5-26(37)28(34)38)41(39,40)24-12-10-23(30)11-13-24/h6-13,16-17,19,26H,2-5,14-15,18H2,1H3,(H-,34,38)/p+1/t19?,26-,37?/m0/s1. The van der Waals surface area contributed by atoms with Crippen molar-refractivity contribution in [3.8, 4) is 11.3 Å².